The summed E-state index contributed by atoms with van der Waals surface area (Å²) in [5.74, 6) is 0. The maximum absolute atomic E-state index is 6.02. The molecular weight excluding hydrogens is 814 g/mol. The lowest BCUT2D eigenvalue weighted by Crippen LogP contribution is -2.41. The second-order valence-corrected chi connectivity index (χ2v) is 15.5. The zero-order valence-electron chi connectivity index (χ0n) is 31.0. The van der Waals surface area contributed by atoms with E-state index in [1.807, 2.05) is 123 Å². The van der Waals surface area contributed by atoms with E-state index in [0.29, 0.717) is 23.4 Å². The average Bonchev–Trinajstić information content (AvgIpc) is 3.90. The molecule has 9 rings (SSSR count). The van der Waals surface area contributed by atoms with Crippen LogP contribution in [0.4, 0.5) is 0 Å². The van der Waals surface area contributed by atoms with Gasteiger partial charge in [-0.25, -0.2) is 9.97 Å². The van der Waals surface area contributed by atoms with Crippen LogP contribution >= 0.6 is 39.1 Å². The third kappa shape index (κ3) is 9.63. The first-order chi connectivity index (χ1) is 26.9. The van der Waals surface area contributed by atoms with Crippen LogP contribution in [0.2, 0.25) is 10.3 Å². The van der Waals surface area contributed by atoms with Crippen LogP contribution in [-0.4, -0.2) is 67.8 Å². The largest absolute Gasteiger partial charge is 0.498 e. The third-order valence-corrected chi connectivity index (χ3v) is 10.1. The third-order valence-electron chi connectivity index (χ3n) is 9.22. The number of fused-ring (bicyclic) bond motifs is 2. The van der Waals surface area contributed by atoms with Crippen molar-refractivity contribution in [2.24, 2.45) is 0 Å². The Kier molecular flexibility index (Phi) is 11.8. The highest BCUT2D eigenvalue weighted by Crippen LogP contribution is 2.36. The molecule has 0 saturated carbocycles. The van der Waals surface area contributed by atoms with Crippen molar-refractivity contribution in [3.05, 3.63) is 149 Å². The van der Waals surface area contributed by atoms with Gasteiger partial charge >= 0.3 is 7.12 Å². The predicted octanol–water partition coefficient (Wildman–Crippen LogP) is 8.26. The Morgan fingerprint density at radius 1 is 0.607 bits per heavy atom. The van der Waals surface area contributed by atoms with Gasteiger partial charge in [0.15, 0.2) is 0 Å². The van der Waals surface area contributed by atoms with Gasteiger partial charge in [0.2, 0.25) is 0 Å². The molecule has 0 atom stereocenters. The summed E-state index contributed by atoms with van der Waals surface area (Å²) >= 11 is 15.0. The quantitative estimate of drug-likeness (QED) is 0.119. The van der Waals surface area contributed by atoms with Crippen molar-refractivity contribution in [1.82, 2.24) is 49.5 Å². The zero-order valence-corrected chi connectivity index (χ0v) is 34.1. The molecule has 1 fully saturated rings. The summed E-state index contributed by atoms with van der Waals surface area (Å²) < 4.78 is 16.7. The van der Waals surface area contributed by atoms with Gasteiger partial charge in [0, 0.05) is 64.4 Å². The molecule has 0 aromatic carbocycles. The summed E-state index contributed by atoms with van der Waals surface area (Å²) in [5, 5.41) is 9.70. The fourth-order valence-electron chi connectivity index (χ4n) is 5.58. The van der Waals surface area contributed by atoms with Crippen LogP contribution in [0.3, 0.4) is 0 Å². The number of pyridine rings is 6. The number of aromatic nitrogens is 10. The van der Waals surface area contributed by atoms with Crippen molar-refractivity contribution in [2.45, 2.75) is 52.0 Å². The SMILES string of the molecule is CC1(C)OB(c2cnn(Cc3ccccn3)c2)OC1(C)C.Clc1ccc2ncc(-c3cnn(Cc4ccccn4)c3)cc2n1.Clc1ccc2ncc(Br)cc2n1. The fraction of sp³-hybridized carbons (Fsp3) is 0.200. The predicted molar refractivity (Wildman–Crippen MR) is 223 cm³/mol. The van der Waals surface area contributed by atoms with Crippen LogP contribution in [0.25, 0.3) is 33.2 Å². The van der Waals surface area contributed by atoms with Gasteiger partial charge in [0.25, 0.3) is 0 Å². The number of rotatable bonds is 6. The van der Waals surface area contributed by atoms with Crippen molar-refractivity contribution in [3.8, 4) is 11.1 Å². The van der Waals surface area contributed by atoms with Gasteiger partial charge in [-0.15, -0.1) is 0 Å². The molecule has 9 heterocycles. The van der Waals surface area contributed by atoms with E-state index in [-0.39, 0.29) is 18.3 Å². The number of nitrogens with zero attached hydrogens (tertiary/aromatic N) is 10. The second-order valence-electron chi connectivity index (χ2n) is 13.9. The summed E-state index contributed by atoms with van der Waals surface area (Å²) in [6.07, 6.45) is 14.7. The average molecular weight is 850 g/mol. The number of hydrogen-bond donors (Lipinski definition) is 0. The van der Waals surface area contributed by atoms with Gasteiger partial charge in [-0.2, -0.15) is 10.2 Å². The Morgan fingerprint density at radius 2 is 1.16 bits per heavy atom. The highest BCUT2D eigenvalue weighted by atomic mass is 79.9. The first-order valence-electron chi connectivity index (χ1n) is 17.6. The standard InChI is InChI=1S/C17H12ClN5.C15H20BN3O2.C8H4BrClN2/c18-17-5-4-15-16(22-17)7-12(8-20-15)13-9-21-23(10-13)11-14-3-1-2-6-19-14;1-14(2)15(3,4)21-16(20-14)12-9-18-19(10-12)11-13-7-5-6-8-17-13;9-5-3-7-6(11-4-5)1-2-8(10)12-7/h1-10H,11H2;5-10H,11H2,1-4H3;1-4H. The van der Waals surface area contributed by atoms with Gasteiger partial charge in [-0.05, 0) is 104 Å². The van der Waals surface area contributed by atoms with Gasteiger partial charge in [-0.1, -0.05) is 35.3 Å². The smallest absolute Gasteiger partial charge is 0.399 e. The van der Waals surface area contributed by atoms with Gasteiger partial charge in [0.05, 0.1) is 63.9 Å². The molecule has 8 aromatic heterocycles. The van der Waals surface area contributed by atoms with E-state index in [4.69, 9.17) is 32.5 Å². The monoisotopic (exact) mass is 848 g/mol. The van der Waals surface area contributed by atoms with Crippen LogP contribution < -0.4 is 5.46 Å². The molecule has 8 aromatic rings. The fourth-order valence-corrected chi connectivity index (χ4v) is 6.21. The van der Waals surface area contributed by atoms with Crippen LogP contribution in [-0.2, 0) is 22.4 Å². The van der Waals surface area contributed by atoms with Crippen LogP contribution in [0.1, 0.15) is 39.1 Å². The molecule has 1 aliphatic heterocycles. The van der Waals surface area contributed by atoms with Crippen molar-refractivity contribution in [1.29, 1.82) is 0 Å². The first kappa shape index (κ1) is 39.1. The van der Waals surface area contributed by atoms with E-state index < -0.39 is 0 Å². The van der Waals surface area contributed by atoms with Crippen LogP contribution in [0, 0.1) is 0 Å². The summed E-state index contributed by atoms with van der Waals surface area (Å²) in [4.78, 5) is 25.6. The molecule has 0 bridgehead atoms. The molecule has 0 N–H and O–H groups in total. The minimum Gasteiger partial charge on any atom is -0.399 e. The van der Waals surface area contributed by atoms with Crippen molar-refractivity contribution < 1.29 is 9.31 Å². The topological polar surface area (TPSA) is 131 Å². The van der Waals surface area contributed by atoms with Crippen molar-refractivity contribution in [2.75, 3.05) is 0 Å². The lowest BCUT2D eigenvalue weighted by atomic mass is 9.82. The minimum atomic E-state index is -0.368. The first-order valence-corrected chi connectivity index (χ1v) is 19.2. The molecule has 0 spiro atoms. The second kappa shape index (κ2) is 16.9. The Morgan fingerprint density at radius 3 is 1.75 bits per heavy atom. The maximum Gasteiger partial charge on any atom is 0.498 e. The van der Waals surface area contributed by atoms with Gasteiger partial charge in [0.1, 0.15) is 10.3 Å². The molecule has 16 heteroatoms. The highest BCUT2D eigenvalue weighted by Gasteiger charge is 2.52. The molecule has 0 unspecified atom stereocenters. The van der Waals surface area contributed by atoms with Crippen LogP contribution in [0.5, 0.6) is 0 Å². The summed E-state index contributed by atoms with van der Waals surface area (Å²) in [5.41, 5.74) is 7.39. The van der Waals surface area contributed by atoms with E-state index in [2.05, 4.69) is 56.0 Å². The maximum atomic E-state index is 6.02. The molecular formula is C40H36BBrCl2N10O2. The molecule has 282 valence electrons. The van der Waals surface area contributed by atoms with E-state index in [0.717, 1.165) is 54.5 Å². The molecule has 0 amide bonds. The van der Waals surface area contributed by atoms with E-state index in [1.165, 1.54) is 0 Å². The number of hydrogen-bond acceptors (Lipinski definition) is 10. The minimum absolute atomic E-state index is 0.333. The van der Waals surface area contributed by atoms with Crippen molar-refractivity contribution in [3.63, 3.8) is 0 Å². The van der Waals surface area contributed by atoms with E-state index >= 15 is 0 Å². The summed E-state index contributed by atoms with van der Waals surface area (Å²) in [6, 6.07) is 22.7. The van der Waals surface area contributed by atoms with Crippen LogP contribution in [0.15, 0.2) is 127 Å². The van der Waals surface area contributed by atoms with Gasteiger partial charge < -0.3 is 9.31 Å². The van der Waals surface area contributed by atoms with E-state index in [9.17, 15) is 0 Å². The molecule has 0 radical (unpaired) electrons. The lowest BCUT2D eigenvalue weighted by Gasteiger charge is -2.32. The summed E-state index contributed by atoms with van der Waals surface area (Å²) in [7, 11) is -0.368. The molecule has 56 heavy (non-hydrogen) atoms. The Balaban J connectivity index is 0.000000135. The van der Waals surface area contributed by atoms with E-state index in [1.54, 1.807) is 36.9 Å². The normalized spacial score (nSPS) is 14.2. The lowest BCUT2D eigenvalue weighted by molar-refractivity contribution is 0.00578. The Labute approximate surface area is 342 Å². The zero-order chi connectivity index (χ0) is 39.3. The van der Waals surface area contributed by atoms with Gasteiger partial charge in [-0.3, -0.25) is 29.3 Å². The molecule has 1 saturated heterocycles. The Bertz CT molecular complexity index is 2520. The number of halogens is 3. The van der Waals surface area contributed by atoms with Crippen molar-refractivity contribution >= 4 is 73.8 Å². The molecule has 1 aliphatic rings. The molecule has 0 aliphatic carbocycles. The highest BCUT2D eigenvalue weighted by molar-refractivity contribution is 9.10. The Hall–Kier alpha value is -5.12. The molecule has 12 nitrogen and oxygen atoms in total. The summed E-state index contributed by atoms with van der Waals surface area (Å²) in [6.45, 7) is 9.46.